The van der Waals surface area contributed by atoms with Crippen molar-refractivity contribution in [3.05, 3.63) is 47.1 Å². The Labute approximate surface area is 118 Å². The second-order valence-electron chi connectivity index (χ2n) is 5.82. The van der Waals surface area contributed by atoms with Gasteiger partial charge in [0, 0.05) is 12.5 Å². The zero-order valence-electron chi connectivity index (χ0n) is 11.5. The highest BCUT2D eigenvalue weighted by Gasteiger charge is 2.29. The number of benzene rings is 1. The number of rotatable bonds is 2. The van der Waals surface area contributed by atoms with E-state index in [1.165, 1.54) is 17.5 Å². The van der Waals surface area contributed by atoms with E-state index in [1.54, 1.807) is 0 Å². The number of fused-ring (bicyclic) bond motifs is 1. The number of aryl methyl sites for hydroxylation is 1. The van der Waals surface area contributed by atoms with Crippen molar-refractivity contribution >= 4 is 0 Å². The molecule has 4 heteroatoms. The Hall–Kier alpha value is -1.68. The largest absolute Gasteiger partial charge is 0.339 e. The quantitative estimate of drug-likeness (QED) is 0.910. The maximum atomic E-state index is 5.53. The van der Waals surface area contributed by atoms with Gasteiger partial charge in [-0.3, -0.25) is 0 Å². The molecule has 2 aliphatic rings. The third-order valence-electron chi connectivity index (χ3n) is 4.55. The van der Waals surface area contributed by atoms with E-state index in [9.17, 15) is 0 Å². The molecule has 1 saturated heterocycles. The molecule has 1 fully saturated rings. The van der Waals surface area contributed by atoms with Crippen molar-refractivity contribution in [2.45, 2.75) is 37.5 Å². The third kappa shape index (κ3) is 2.04. The summed E-state index contributed by atoms with van der Waals surface area (Å²) in [6, 6.07) is 8.62. The minimum atomic E-state index is 0.320. The van der Waals surface area contributed by atoms with Gasteiger partial charge in [-0.1, -0.05) is 29.4 Å². The standard InChI is InChI=1S/C16H19N3O/c1-2-6-13-11(4-1)7-8-14(13)15-18-16(20-19-15)12-5-3-9-17-10-12/h1-2,4,6,12,14,17H,3,5,7-10H2/t12-,14?/m0/s1. The fourth-order valence-corrected chi connectivity index (χ4v) is 3.44. The van der Waals surface area contributed by atoms with Gasteiger partial charge in [-0.25, -0.2) is 0 Å². The molecule has 1 aliphatic heterocycles. The first kappa shape index (κ1) is 12.1. The average Bonchev–Trinajstić information content (AvgIpc) is 3.14. The fraction of sp³-hybridized carbons (Fsp3) is 0.500. The lowest BCUT2D eigenvalue weighted by atomic mass is 9.99. The van der Waals surface area contributed by atoms with Gasteiger partial charge in [-0.05, 0) is 43.4 Å². The summed E-state index contributed by atoms with van der Waals surface area (Å²) < 4.78 is 5.53. The van der Waals surface area contributed by atoms with E-state index in [0.29, 0.717) is 11.8 Å². The van der Waals surface area contributed by atoms with Crippen LogP contribution in [-0.2, 0) is 6.42 Å². The molecule has 1 aromatic carbocycles. The maximum absolute atomic E-state index is 5.53. The van der Waals surface area contributed by atoms with Crippen LogP contribution in [0.25, 0.3) is 0 Å². The van der Waals surface area contributed by atoms with E-state index >= 15 is 0 Å². The van der Waals surface area contributed by atoms with Gasteiger partial charge in [0.25, 0.3) is 0 Å². The number of aromatic nitrogens is 2. The molecule has 2 aromatic rings. The van der Waals surface area contributed by atoms with Gasteiger partial charge in [0.05, 0.1) is 5.92 Å². The Morgan fingerprint density at radius 2 is 2.15 bits per heavy atom. The van der Waals surface area contributed by atoms with Crippen molar-refractivity contribution in [3.63, 3.8) is 0 Å². The Kier molecular flexibility index (Phi) is 3.03. The SMILES string of the molecule is c1ccc2c(c1)CCC2c1noc([C@H]2CCCNC2)n1. The van der Waals surface area contributed by atoms with Crippen molar-refractivity contribution in [1.82, 2.24) is 15.5 Å². The number of nitrogens with zero attached hydrogens (tertiary/aromatic N) is 2. The second-order valence-corrected chi connectivity index (χ2v) is 5.82. The Balaban J connectivity index is 1.59. The summed E-state index contributed by atoms with van der Waals surface area (Å²) in [5.41, 5.74) is 2.81. The molecule has 4 nitrogen and oxygen atoms in total. The van der Waals surface area contributed by atoms with Crippen LogP contribution in [0.2, 0.25) is 0 Å². The van der Waals surface area contributed by atoms with Crippen LogP contribution >= 0.6 is 0 Å². The third-order valence-corrected chi connectivity index (χ3v) is 4.55. The average molecular weight is 269 g/mol. The summed E-state index contributed by atoms with van der Waals surface area (Å²) in [5, 5.41) is 7.66. The lowest BCUT2D eigenvalue weighted by molar-refractivity contribution is 0.319. The van der Waals surface area contributed by atoms with Gasteiger partial charge in [-0.15, -0.1) is 0 Å². The summed E-state index contributed by atoms with van der Waals surface area (Å²) in [6.45, 7) is 2.07. The van der Waals surface area contributed by atoms with Gasteiger partial charge in [-0.2, -0.15) is 4.98 Å². The molecule has 4 rings (SSSR count). The summed E-state index contributed by atoms with van der Waals surface area (Å²) in [5.74, 6) is 2.40. The fourth-order valence-electron chi connectivity index (χ4n) is 3.44. The molecule has 0 amide bonds. The van der Waals surface area contributed by atoms with E-state index in [0.717, 1.165) is 44.1 Å². The Morgan fingerprint density at radius 1 is 1.20 bits per heavy atom. The maximum Gasteiger partial charge on any atom is 0.231 e. The van der Waals surface area contributed by atoms with E-state index in [2.05, 4.69) is 34.7 Å². The van der Waals surface area contributed by atoms with Gasteiger partial charge in [0.1, 0.15) is 0 Å². The van der Waals surface area contributed by atoms with Crippen molar-refractivity contribution in [3.8, 4) is 0 Å². The van der Waals surface area contributed by atoms with Gasteiger partial charge in [0.2, 0.25) is 5.89 Å². The lowest BCUT2D eigenvalue weighted by Crippen LogP contribution is -2.28. The highest BCUT2D eigenvalue weighted by Crippen LogP contribution is 2.37. The summed E-state index contributed by atoms with van der Waals surface area (Å²) >= 11 is 0. The van der Waals surface area contributed by atoms with Crippen molar-refractivity contribution in [2.75, 3.05) is 13.1 Å². The molecule has 0 bridgehead atoms. The van der Waals surface area contributed by atoms with Crippen LogP contribution in [0.1, 0.15) is 53.9 Å². The molecule has 1 N–H and O–H groups in total. The molecule has 104 valence electrons. The summed E-state index contributed by atoms with van der Waals surface area (Å²) in [4.78, 5) is 4.70. The van der Waals surface area contributed by atoms with Crippen LogP contribution < -0.4 is 5.32 Å². The van der Waals surface area contributed by atoms with Crippen molar-refractivity contribution in [2.24, 2.45) is 0 Å². The van der Waals surface area contributed by atoms with Crippen LogP contribution in [-0.4, -0.2) is 23.2 Å². The van der Waals surface area contributed by atoms with E-state index in [1.807, 2.05) is 0 Å². The van der Waals surface area contributed by atoms with Crippen molar-refractivity contribution in [1.29, 1.82) is 0 Å². The molecule has 2 heterocycles. The first-order valence-electron chi connectivity index (χ1n) is 7.54. The Bertz CT molecular complexity index is 601. The van der Waals surface area contributed by atoms with Crippen LogP contribution in [0.5, 0.6) is 0 Å². The highest BCUT2D eigenvalue weighted by atomic mass is 16.5. The molecule has 1 aromatic heterocycles. The van der Waals surface area contributed by atoms with E-state index < -0.39 is 0 Å². The zero-order chi connectivity index (χ0) is 13.4. The van der Waals surface area contributed by atoms with Gasteiger partial charge < -0.3 is 9.84 Å². The first-order chi connectivity index (χ1) is 9.92. The minimum absolute atomic E-state index is 0.320. The molecule has 1 unspecified atom stereocenters. The molecule has 2 atom stereocenters. The molecule has 0 radical (unpaired) electrons. The molecule has 20 heavy (non-hydrogen) atoms. The first-order valence-corrected chi connectivity index (χ1v) is 7.54. The second kappa shape index (κ2) is 5.02. The van der Waals surface area contributed by atoms with Crippen LogP contribution in [0.3, 0.4) is 0 Å². The Morgan fingerprint density at radius 3 is 3.05 bits per heavy atom. The monoisotopic (exact) mass is 269 g/mol. The predicted molar refractivity (Wildman–Crippen MR) is 75.7 cm³/mol. The normalized spacial score (nSPS) is 25.6. The predicted octanol–water partition coefficient (Wildman–Crippen LogP) is 2.61. The molecule has 0 saturated carbocycles. The van der Waals surface area contributed by atoms with Crippen LogP contribution in [0.4, 0.5) is 0 Å². The zero-order valence-corrected chi connectivity index (χ0v) is 11.5. The molecular weight excluding hydrogens is 250 g/mol. The number of hydrogen-bond acceptors (Lipinski definition) is 4. The number of piperidine rings is 1. The summed E-state index contributed by atoms with van der Waals surface area (Å²) in [6.07, 6.45) is 4.56. The van der Waals surface area contributed by atoms with E-state index in [-0.39, 0.29) is 0 Å². The molecule has 0 spiro atoms. The van der Waals surface area contributed by atoms with Crippen LogP contribution in [0.15, 0.2) is 28.8 Å². The number of nitrogens with one attached hydrogen (secondary N) is 1. The van der Waals surface area contributed by atoms with Crippen LogP contribution in [0, 0.1) is 0 Å². The smallest absolute Gasteiger partial charge is 0.231 e. The highest BCUT2D eigenvalue weighted by molar-refractivity contribution is 5.38. The minimum Gasteiger partial charge on any atom is -0.339 e. The summed E-state index contributed by atoms with van der Waals surface area (Å²) in [7, 11) is 0. The number of hydrogen-bond donors (Lipinski definition) is 1. The van der Waals surface area contributed by atoms with Gasteiger partial charge in [0.15, 0.2) is 5.82 Å². The van der Waals surface area contributed by atoms with Gasteiger partial charge >= 0.3 is 0 Å². The van der Waals surface area contributed by atoms with Crippen molar-refractivity contribution < 1.29 is 4.52 Å². The lowest BCUT2D eigenvalue weighted by Gasteiger charge is -2.18. The van der Waals surface area contributed by atoms with E-state index in [4.69, 9.17) is 9.51 Å². The molecular formula is C16H19N3O. The topological polar surface area (TPSA) is 51.0 Å². The molecule has 1 aliphatic carbocycles.